The molecule has 108 valence electrons. The maximum Gasteiger partial charge on any atom is 0.493 e. The summed E-state index contributed by atoms with van der Waals surface area (Å²) in [5.41, 5.74) is -1.54. The normalized spacial score (nSPS) is 19.8. The number of carbonyl (C=O) groups is 1. The zero-order chi connectivity index (χ0) is 15.1. The zero-order valence-corrected chi connectivity index (χ0v) is 9.53. The number of rotatable bonds is 0. The number of urea groups is 1. The van der Waals surface area contributed by atoms with Crippen molar-refractivity contribution in [3.8, 4) is 0 Å². The molecule has 20 heavy (non-hydrogen) atoms. The standard InChI is InChI=1S/C11H6F6N2O/c12-10(13,14)7-5-18-9(20)19(11(15,16)17)8-4-2-1-3-6(7)8/h1-5,7H. The Kier molecular flexibility index (Phi) is 3.23. The lowest BCUT2D eigenvalue weighted by Gasteiger charge is -2.25. The van der Waals surface area contributed by atoms with Crippen molar-refractivity contribution >= 4 is 17.9 Å². The number of nitrogens with zero attached hydrogens (tertiary/aromatic N) is 2. The number of hydrogen-bond donors (Lipinski definition) is 0. The summed E-state index contributed by atoms with van der Waals surface area (Å²) in [5.74, 6) is -2.37. The van der Waals surface area contributed by atoms with Crippen LogP contribution in [0.1, 0.15) is 11.5 Å². The van der Waals surface area contributed by atoms with Gasteiger partial charge in [0.25, 0.3) is 0 Å². The van der Waals surface area contributed by atoms with E-state index < -0.39 is 40.6 Å². The SMILES string of the molecule is O=C1N=CC(C(F)(F)F)c2ccccc2N1C(F)(F)F. The molecule has 9 heteroatoms. The van der Waals surface area contributed by atoms with Crippen LogP contribution >= 0.6 is 0 Å². The molecule has 2 rings (SSSR count). The average molecular weight is 296 g/mol. The van der Waals surface area contributed by atoms with Crippen molar-refractivity contribution in [3.63, 3.8) is 0 Å². The molecule has 0 aromatic heterocycles. The monoisotopic (exact) mass is 296 g/mol. The third-order valence-corrected chi connectivity index (χ3v) is 2.64. The highest BCUT2D eigenvalue weighted by Gasteiger charge is 2.49. The quantitative estimate of drug-likeness (QED) is 0.528. The van der Waals surface area contributed by atoms with Crippen LogP contribution in [-0.2, 0) is 0 Å². The van der Waals surface area contributed by atoms with Crippen molar-refractivity contribution < 1.29 is 31.1 Å². The zero-order valence-electron chi connectivity index (χ0n) is 9.53. The van der Waals surface area contributed by atoms with Crippen LogP contribution < -0.4 is 4.90 Å². The van der Waals surface area contributed by atoms with Gasteiger partial charge in [-0.25, -0.2) is 14.7 Å². The van der Waals surface area contributed by atoms with Crippen LogP contribution in [0.4, 0.5) is 36.8 Å². The topological polar surface area (TPSA) is 32.7 Å². The average Bonchev–Trinajstić information content (AvgIpc) is 2.42. The second-order valence-corrected chi connectivity index (χ2v) is 3.94. The van der Waals surface area contributed by atoms with Gasteiger partial charge in [0.15, 0.2) is 0 Å². The van der Waals surface area contributed by atoms with E-state index in [4.69, 9.17) is 0 Å². The first kappa shape index (κ1) is 14.4. The second kappa shape index (κ2) is 4.50. The van der Waals surface area contributed by atoms with Crippen LogP contribution in [0.5, 0.6) is 0 Å². The second-order valence-electron chi connectivity index (χ2n) is 3.94. The molecule has 0 bridgehead atoms. The van der Waals surface area contributed by atoms with Crippen molar-refractivity contribution in [1.82, 2.24) is 0 Å². The van der Waals surface area contributed by atoms with Gasteiger partial charge in [0.1, 0.15) is 5.92 Å². The molecule has 1 aliphatic rings. The van der Waals surface area contributed by atoms with Crippen molar-refractivity contribution in [3.05, 3.63) is 29.8 Å². The van der Waals surface area contributed by atoms with E-state index in [0.29, 0.717) is 0 Å². The largest absolute Gasteiger partial charge is 0.493 e. The van der Waals surface area contributed by atoms with Crippen molar-refractivity contribution in [2.45, 2.75) is 18.4 Å². The molecule has 1 aromatic rings. The molecule has 0 aliphatic carbocycles. The molecule has 0 fully saturated rings. The summed E-state index contributed by atoms with van der Waals surface area (Å²) in [6.07, 6.45) is -9.82. The van der Waals surface area contributed by atoms with Crippen LogP contribution in [0.2, 0.25) is 0 Å². The van der Waals surface area contributed by atoms with Gasteiger partial charge in [-0.1, -0.05) is 18.2 Å². The number of benzene rings is 1. The van der Waals surface area contributed by atoms with Gasteiger partial charge in [-0.05, 0) is 11.6 Å². The van der Waals surface area contributed by atoms with E-state index >= 15 is 0 Å². The van der Waals surface area contributed by atoms with Crippen molar-refractivity contribution in [2.75, 3.05) is 4.90 Å². The summed E-state index contributed by atoms with van der Waals surface area (Å²) in [5, 5.41) is 0. The van der Waals surface area contributed by atoms with Gasteiger partial charge in [0.2, 0.25) is 0 Å². The molecule has 3 nitrogen and oxygen atoms in total. The maximum absolute atomic E-state index is 12.8. The smallest absolute Gasteiger partial charge is 0.245 e. The van der Waals surface area contributed by atoms with E-state index in [0.717, 1.165) is 24.3 Å². The number of amides is 2. The predicted molar refractivity (Wildman–Crippen MR) is 57.7 cm³/mol. The minimum absolute atomic E-state index is 0.187. The van der Waals surface area contributed by atoms with Crippen LogP contribution in [-0.4, -0.2) is 24.7 Å². The fourth-order valence-electron chi connectivity index (χ4n) is 1.84. The van der Waals surface area contributed by atoms with E-state index in [9.17, 15) is 31.1 Å². The van der Waals surface area contributed by atoms with E-state index in [2.05, 4.69) is 4.99 Å². The molecule has 1 atom stereocenters. The Morgan fingerprint density at radius 2 is 1.65 bits per heavy atom. The maximum atomic E-state index is 12.8. The van der Waals surface area contributed by atoms with Crippen molar-refractivity contribution in [2.24, 2.45) is 4.99 Å². The lowest BCUT2D eigenvalue weighted by molar-refractivity contribution is -0.134. The predicted octanol–water partition coefficient (Wildman–Crippen LogP) is 3.86. The Balaban J connectivity index is 2.67. The summed E-state index contributed by atoms with van der Waals surface area (Å²) in [7, 11) is 0. The van der Waals surface area contributed by atoms with E-state index in [1.54, 1.807) is 0 Å². The number of carbonyl (C=O) groups excluding carboxylic acids is 1. The van der Waals surface area contributed by atoms with Gasteiger partial charge in [0.05, 0.1) is 5.69 Å². The molecule has 0 spiro atoms. The molecular weight excluding hydrogens is 290 g/mol. The molecule has 1 unspecified atom stereocenters. The third-order valence-electron chi connectivity index (χ3n) is 2.64. The fourth-order valence-corrected chi connectivity index (χ4v) is 1.84. The number of fused-ring (bicyclic) bond motifs is 1. The highest BCUT2D eigenvalue weighted by atomic mass is 19.4. The number of aliphatic imine (C=N–C) groups is 1. The minimum Gasteiger partial charge on any atom is -0.245 e. The summed E-state index contributed by atoms with van der Waals surface area (Å²) in [6, 6.07) is 2.15. The Morgan fingerprint density at radius 3 is 2.20 bits per heavy atom. The van der Waals surface area contributed by atoms with Crippen LogP contribution in [0, 0.1) is 0 Å². The number of anilines is 1. The summed E-state index contributed by atoms with van der Waals surface area (Å²) in [6.45, 7) is 0. The molecule has 1 heterocycles. The molecule has 1 aromatic carbocycles. The van der Waals surface area contributed by atoms with Gasteiger partial charge in [-0.2, -0.15) is 13.2 Å². The minimum atomic E-state index is -5.16. The first-order valence-electron chi connectivity index (χ1n) is 5.23. The molecule has 0 saturated carbocycles. The highest BCUT2D eigenvalue weighted by Crippen LogP contribution is 2.42. The molecular formula is C11H6F6N2O. The van der Waals surface area contributed by atoms with Gasteiger partial charge >= 0.3 is 18.5 Å². The molecule has 0 saturated heterocycles. The summed E-state index contributed by atoms with van der Waals surface area (Å²) < 4.78 is 77.0. The van der Waals surface area contributed by atoms with Crippen LogP contribution in [0.25, 0.3) is 0 Å². The van der Waals surface area contributed by atoms with E-state index in [1.165, 1.54) is 0 Å². The number of halogens is 6. The fraction of sp³-hybridized carbons (Fsp3) is 0.273. The molecule has 1 aliphatic heterocycles. The van der Waals surface area contributed by atoms with Crippen LogP contribution in [0.15, 0.2) is 29.3 Å². The number of alkyl halides is 6. The van der Waals surface area contributed by atoms with Crippen LogP contribution in [0.3, 0.4) is 0 Å². The number of para-hydroxylation sites is 1. The molecule has 0 radical (unpaired) electrons. The van der Waals surface area contributed by atoms with Gasteiger partial charge in [-0.15, -0.1) is 13.2 Å². The van der Waals surface area contributed by atoms with Crippen molar-refractivity contribution in [1.29, 1.82) is 0 Å². The van der Waals surface area contributed by atoms with Gasteiger partial charge < -0.3 is 0 Å². The first-order valence-corrected chi connectivity index (χ1v) is 5.23. The Morgan fingerprint density at radius 1 is 1.05 bits per heavy atom. The lowest BCUT2D eigenvalue weighted by atomic mass is 9.97. The summed E-state index contributed by atoms with van der Waals surface area (Å²) in [4.78, 5) is 13.4. The Bertz CT molecular complexity index is 563. The lowest BCUT2D eigenvalue weighted by Crippen LogP contribution is -2.41. The Labute approximate surface area is 108 Å². The highest BCUT2D eigenvalue weighted by molar-refractivity contribution is 6.01. The first-order chi connectivity index (χ1) is 9.12. The molecule has 0 N–H and O–H groups in total. The van der Waals surface area contributed by atoms with E-state index in [-0.39, 0.29) is 6.21 Å². The van der Waals surface area contributed by atoms with Gasteiger partial charge in [-0.3, -0.25) is 0 Å². The summed E-state index contributed by atoms with van der Waals surface area (Å²) >= 11 is 0. The van der Waals surface area contributed by atoms with Gasteiger partial charge in [0, 0.05) is 6.21 Å². The number of hydrogen-bond acceptors (Lipinski definition) is 1. The molecule has 2 amide bonds. The van der Waals surface area contributed by atoms with E-state index in [1.807, 2.05) is 0 Å². The Hall–Kier alpha value is -2.06. The third kappa shape index (κ3) is 2.47.